The number of nitrogens with zero attached hydrogens (tertiary/aromatic N) is 3. The molecule has 0 spiro atoms. The lowest BCUT2D eigenvalue weighted by molar-refractivity contribution is 0.243. The third-order valence-electron chi connectivity index (χ3n) is 3.45. The Morgan fingerprint density at radius 3 is 2.59 bits per heavy atom. The van der Waals surface area contributed by atoms with Crippen molar-refractivity contribution in [1.82, 2.24) is 9.97 Å². The van der Waals surface area contributed by atoms with E-state index in [1.807, 2.05) is 13.0 Å². The first-order chi connectivity index (χ1) is 7.94. The van der Waals surface area contributed by atoms with Crippen LogP contribution in [0, 0.1) is 12.8 Å². The maximum absolute atomic E-state index is 6.27. The Kier molecular flexibility index (Phi) is 2.95. The Morgan fingerprint density at radius 2 is 2.06 bits per heavy atom. The molecule has 1 aliphatic heterocycles. The van der Waals surface area contributed by atoms with Crippen LogP contribution >= 0.6 is 0 Å². The predicted octanol–water partition coefficient (Wildman–Crippen LogP) is 0.967. The van der Waals surface area contributed by atoms with Crippen LogP contribution in [0.25, 0.3) is 0 Å². The number of rotatable bonds is 3. The SMILES string of the molecule is COc1cc(N2CC(N)(C(C)C)C2)nc(C)n1. The molecule has 2 rings (SSSR count). The van der Waals surface area contributed by atoms with Crippen molar-refractivity contribution < 1.29 is 4.74 Å². The van der Waals surface area contributed by atoms with Crippen molar-refractivity contribution in [2.45, 2.75) is 26.3 Å². The molecule has 2 N–H and O–H groups in total. The maximum Gasteiger partial charge on any atom is 0.218 e. The van der Waals surface area contributed by atoms with Crippen molar-refractivity contribution in [3.63, 3.8) is 0 Å². The summed E-state index contributed by atoms with van der Waals surface area (Å²) in [6, 6.07) is 1.85. The highest BCUT2D eigenvalue weighted by Crippen LogP contribution is 2.30. The molecule has 1 saturated heterocycles. The zero-order valence-corrected chi connectivity index (χ0v) is 10.9. The van der Waals surface area contributed by atoms with Crippen LogP contribution in [0.2, 0.25) is 0 Å². The van der Waals surface area contributed by atoms with Crippen molar-refractivity contribution in [2.75, 3.05) is 25.1 Å². The summed E-state index contributed by atoms with van der Waals surface area (Å²) in [6.07, 6.45) is 0. The van der Waals surface area contributed by atoms with Gasteiger partial charge in [0.15, 0.2) is 0 Å². The number of ether oxygens (including phenoxy) is 1. The van der Waals surface area contributed by atoms with Crippen molar-refractivity contribution in [2.24, 2.45) is 11.7 Å². The molecule has 5 nitrogen and oxygen atoms in total. The summed E-state index contributed by atoms with van der Waals surface area (Å²) in [6.45, 7) is 7.85. The summed E-state index contributed by atoms with van der Waals surface area (Å²) < 4.78 is 5.14. The van der Waals surface area contributed by atoms with Crippen molar-refractivity contribution in [3.8, 4) is 5.88 Å². The first-order valence-corrected chi connectivity index (χ1v) is 5.88. The summed E-state index contributed by atoms with van der Waals surface area (Å²) >= 11 is 0. The van der Waals surface area contributed by atoms with Crippen LogP contribution in [0.5, 0.6) is 5.88 Å². The van der Waals surface area contributed by atoms with Crippen LogP contribution < -0.4 is 15.4 Å². The second-order valence-corrected chi connectivity index (χ2v) is 5.06. The van der Waals surface area contributed by atoms with E-state index < -0.39 is 0 Å². The second kappa shape index (κ2) is 4.14. The fourth-order valence-electron chi connectivity index (χ4n) is 1.98. The molecule has 0 radical (unpaired) electrons. The van der Waals surface area contributed by atoms with Gasteiger partial charge in [-0.3, -0.25) is 0 Å². The average Bonchev–Trinajstić information content (AvgIpc) is 2.23. The summed E-state index contributed by atoms with van der Waals surface area (Å²) in [7, 11) is 1.61. The predicted molar refractivity (Wildman–Crippen MR) is 67.3 cm³/mol. The minimum atomic E-state index is -0.0912. The number of hydrogen-bond acceptors (Lipinski definition) is 5. The lowest BCUT2D eigenvalue weighted by atomic mass is 9.80. The van der Waals surface area contributed by atoms with Gasteiger partial charge in [-0.2, -0.15) is 4.98 Å². The third-order valence-corrected chi connectivity index (χ3v) is 3.45. The highest BCUT2D eigenvalue weighted by atomic mass is 16.5. The molecule has 0 unspecified atom stereocenters. The summed E-state index contributed by atoms with van der Waals surface area (Å²) in [4.78, 5) is 10.7. The highest BCUT2D eigenvalue weighted by Gasteiger charge is 2.42. The minimum Gasteiger partial charge on any atom is -0.481 e. The number of aromatic nitrogens is 2. The molecule has 0 atom stereocenters. The number of aryl methyl sites for hydroxylation is 1. The Balaban J connectivity index is 2.13. The molecule has 5 heteroatoms. The molecule has 1 fully saturated rings. The quantitative estimate of drug-likeness (QED) is 0.847. The van der Waals surface area contributed by atoms with Crippen LogP contribution in [-0.2, 0) is 0 Å². The number of anilines is 1. The number of methoxy groups -OCH3 is 1. The summed E-state index contributed by atoms with van der Waals surface area (Å²) in [5, 5.41) is 0. The van der Waals surface area contributed by atoms with E-state index in [9.17, 15) is 0 Å². The average molecular weight is 236 g/mol. The van der Waals surface area contributed by atoms with E-state index in [1.54, 1.807) is 7.11 Å². The maximum atomic E-state index is 6.27. The molecule has 1 aromatic heterocycles. The lowest BCUT2D eigenvalue weighted by Crippen LogP contribution is -2.70. The lowest BCUT2D eigenvalue weighted by Gasteiger charge is -2.51. The zero-order valence-electron chi connectivity index (χ0n) is 10.9. The van der Waals surface area contributed by atoms with Crippen molar-refractivity contribution in [1.29, 1.82) is 0 Å². The smallest absolute Gasteiger partial charge is 0.218 e. The first kappa shape index (κ1) is 12.1. The van der Waals surface area contributed by atoms with Gasteiger partial charge in [0.05, 0.1) is 12.6 Å². The van der Waals surface area contributed by atoms with E-state index in [0.717, 1.165) is 24.7 Å². The van der Waals surface area contributed by atoms with E-state index in [4.69, 9.17) is 10.5 Å². The van der Waals surface area contributed by atoms with E-state index >= 15 is 0 Å². The molecule has 0 bridgehead atoms. The van der Waals surface area contributed by atoms with E-state index in [0.29, 0.717) is 11.8 Å². The van der Waals surface area contributed by atoms with Gasteiger partial charge in [-0.15, -0.1) is 0 Å². The molecule has 0 saturated carbocycles. The molecule has 0 aromatic carbocycles. The second-order valence-electron chi connectivity index (χ2n) is 5.06. The van der Waals surface area contributed by atoms with Gasteiger partial charge in [0.2, 0.25) is 5.88 Å². The zero-order chi connectivity index (χ0) is 12.6. The van der Waals surface area contributed by atoms with E-state index in [-0.39, 0.29) is 5.54 Å². The van der Waals surface area contributed by atoms with Gasteiger partial charge in [0.25, 0.3) is 0 Å². The molecule has 17 heavy (non-hydrogen) atoms. The first-order valence-electron chi connectivity index (χ1n) is 5.88. The van der Waals surface area contributed by atoms with Gasteiger partial charge in [0.1, 0.15) is 11.6 Å². The van der Waals surface area contributed by atoms with Gasteiger partial charge in [-0.05, 0) is 12.8 Å². The summed E-state index contributed by atoms with van der Waals surface area (Å²) in [5.41, 5.74) is 6.17. The molecular weight excluding hydrogens is 216 g/mol. The van der Waals surface area contributed by atoms with Crippen LogP contribution in [0.3, 0.4) is 0 Å². The van der Waals surface area contributed by atoms with Gasteiger partial charge < -0.3 is 15.4 Å². The Hall–Kier alpha value is -1.36. The molecule has 0 aliphatic carbocycles. The van der Waals surface area contributed by atoms with Gasteiger partial charge in [0, 0.05) is 19.2 Å². The Labute approximate surface area is 102 Å². The van der Waals surface area contributed by atoms with Crippen molar-refractivity contribution in [3.05, 3.63) is 11.9 Å². The highest BCUT2D eigenvalue weighted by molar-refractivity contribution is 5.47. The van der Waals surface area contributed by atoms with Crippen LogP contribution in [0.15, 0.2) is 6.07 Å². The van der Waals surface area contributed by atoms with Gasteiger partial charge in [-0.25, -0.2) is 4.98 Å². The minimum absolute atomic E-state index is 0.0912. The fourth-order valence-corrected chi connectivity index (χ4v) is 1.98. The Bertz CT molecular complexity index is 413. The summed E-state index contributed by atoms with van der Waals surface area (Å²) in [5.74, 6) is 2.70. The molecule has 0 amide bonds. The largest absolute Gasteiger partial charge is 0.481 e. The fraction of sp³-hybridized carbons (Fsp3) is 0.667. The number of hydrogen-bond donors (Lipinski definition) is 1. The molecule has 1 aliphatic rings. The van der Waals surface area contributed by atoms with E-state index in [1.165, 1.54) is 0 Å². The van der Waals surface area contributed by atoms with E-state index in [2.05, 4.69) is 28.7 Å². The standard InChI is InChI=1S/C12H20N4O/c1-8(2)12(13)6-16(7-12)10-5-11(17-4)15-9(3)14-10/h5,8H,6-7,13H2,1-4H3. The van der Waals surface area contributed by atoms with Crippen LogP contribution in [0.4, 0.5) is 5.82 Å². The van der Waals surface area contributed by atoms with Gasteiger partial charge in [-0.1, -0.05) is 13.8 Å². The Morgan fingerprint density at radius 1 is 1.41 bits per heavy atom. The number of nitrogens with two attached hydrogens (primary N) is 1. The normalized spacial score (nSPS) is 18.1. The monoisotopic (exact) mass is 236 g/mol. The topological polar surface area (TPSA) is 64.3 Å². The molecule has 1 aromatic rings. The van der Waals surface area contributed by atoms with Crippen LogP contribution in [0.1, 0.15) is 19.7 Å². The molecule has 2 heterocycles. The molecular formula is C12H20N4O. The molecule has 94 valence electrons. The van der Waals surface area contributed by atoms with Crippen molar-refractivity contribution >= 4 is 5.82 Å². The van der Waals surface area contributed by atoms with Gasteiger partial charge >= 0.3 is 0 Å². The van der Waals surface area contributed by atoms with Crippen LogP contribution in [-0.4, -0.2) is 35.7 Å². The third kappa shape index (κ3) is 2.20.